The minimum absolute atomic E-state index is 0.0335. The highest BCUT2D eigenvalue weighted by Crippen LogP contribution is 2.51. The van der Waals surface area contributed by atoms with Crippen molar-refractivity contribution >= 4 is 6.08 Å². The molecule has 6 atom stereocenters. The second-order valence-corrected chi connectivity index (χ2v) is 8.95. The van der Waals surface area contributed by atoms with Crippen LogP contribution in [-0.4, -0.2) is 18.2 Å². The van der Waals surface area contributed by atoms with Crippen molar-refractivity contribution in [2.75, 3.05) is 0 Å². The number of ether oxygens (including phenoxy) is 1. The number of nitriles is 1. The molecule has 0 aromatic heterocycles. The molecule has 2 aliphatic carbocycles. The van der Waals surface area contributed by atoms with E-state index in [1.165, 1.54) is 0 Å². The average molecular weight is 371 g/mol. The summed E-state index contributed by atoms with van der Waals surface area (Å²) in [6, 6.07) is 0.0980. The summed E-state index contributed by atoms with van der Waals surface area (Å²) in [5, 5.41) is 8.94. The second kappa shape index (κ2) is 9.90. The van der Waals surface area contributed by atoms with E-state index < -0.39 is 0 Å². The van der Waals surface area contributed by atoms with Crippen LogP contribution in [0.1, 0.15) is 65.2 Å². The molecule has 2 fully saturated rings. The van der Waals surface area contributed by atoms with E-state index in [2.05, 4.69) is 32.0 Å². The summed E-state index contributed by atoms with van der Waals surface area (Å²) < 4.78 is 5.34. The Labute approximate surface area is 164 Å². The largest absolute Gasteiger partial charge is 0.424 e. The van der Waals surface area contributed by atoms with Crippen LogP contribution in [0.3, 0.4) is 0 Å². The fourth-order valence-electron chi connectivity index (χ4n) is 5.56. The molecule has 6 unspecified atom stereocenters. The highest BCUT2D eigenvalue weighted by Gasteiger charge is 2.45. The van der Waals surface area contributed by atoms with E-state index in [4.69, 9.17) is 10.00 Å². The van der Waals surface area contributed by atoms with Gasteiger partial charge in [-0.15, -0.1) is 13.2 Å². The molecule has 148 valence electrons. The zero-order valence-electron chi connectivity index (χ0n) is 16.9. The Morgan fingerprint density at radius 3 is 2.26 bits per heavy atom. The molecule has 2 rings (SSSR count). The average Bonchev–Trinajstić information content (AvgIpc) is 2.65. The van der Waals surface area contributed by atoms with Gasteiger partial charge in [-0.25, -0.2) is 9.79 Å². The van der Waals surface area contributed by atoms with E-state index in [9.17, 15) is 4.79 Å². The first-order valence-corrected chi connectivity index (χ1v) is 10.3. The number of nitrogens with zero attached hydrogens (tertiary/aromatic N) is 2. The SMILES string of the molecule is C=CCC1CC(C(C)(C)C2CCC(OC#N)C(CC=C)C2)CCC1N=C=O. The van der Waals surface area contributed by atoms with E-state index in [1.54, 1.807) is 6.08 Å². The van der Waals surface area contributed by atoms with Crippen molar-refractivity contribution in [3.05, 3.63) is 25.3 Å². The molecular weight excluding hydrogens is 336 g/mol. The lowest BCUT2D eigenvalue weighted by atomic mass is 9.57. The van der Waals surface area contributed by atoms with Gasteiger partial charge in [-0.1, -0.05) is 26.0 Å². The molecule has 0 saturated heterocycles. The summed E-state index contributed by atoms with van der Waals surface area (Å²) >= 11 is 0. The Morgan fingerprint density at radius 2 is 1.67 bits per heavy atom. The fourth-order valence-corrected chi connectivity index (χ4v) is 5.56. The first-order chi connectivity index (χ1) is 13.0. The summed E-state index contributed by atoms with van der Waals surface area (Å²) in [4.78, 5) is 14.8. The third kappa shape index (κ3) is 5.11. The molecule has 0 aliphatic heterocycles. The molecule has 0 N–H and O–H groups in total. The van der Waals surface area contributed by atoms with Crippen LogP contribution in [0.15, 0.2) is 30.3 Å². The van der Waals surface area contributed by atoms with Crippen molar-refractivity contribution in [2.24, 2.45) is 34.1 Å². The van der Waals surface area contributed by atoms with Gasteiger partial charge in [0.15, 0.2) is 0 Å². The molecule has 0 bridgehead atoms. The molecule has 0 amide bonds. The van der Waals surface area contributed by atoms with Crippen LogP contribution < -0.4 is 0 Å². The summed E-state index contributed by atoms with van der Waals surface area (Å²) in [6.45, 7) is 12.6. The van der Waals surface area contributed by atoms with Crippen LogP contribution in [0, 0.1) is 40.6 Å². The summed E-state index contributed by atoms with van der Waals surface area (Å²) in [5.41, 5.74) is 0.215. The van der Waals surface area contributed by atoms with E-state index in [0.29, 0.717) is 23.7 Å². The van der Waals surface area contributed by atoms with Gasteiger partial charge in [0.2, 0.25) is 6.08 Å². The lowest BCUT2D eigenvalue weighted by Crippen LogP contribution is -2.43. The first-order valence-electron chi connectivity index (χ1n) is 10.3. The first kappa shape index (κ1) is 21.5. The monoisotopic (exact) mass is 370 g/mol. The molecule has 27 heavy (non-hydrogen) atoms. The quantitative estimate of drug-likeness (QED) is 0.243. The fraction of sp³-hybridized carbons (Fsp3) is 0.739. The zero-order valence-corrected chi connectivity index (χ0v) is 16.9. The van der Waals surface area contributed by atoms with Gasteiger partial charge in [-0.2, -0.15) is 5.26 Å². The zero-order chi connectivity index (χ0) is 19.9. The van der Waals surface area contributed by atoms with Crippen molar-refractivity contribution in [3.63, 3.8) is 0 Å². The maximum absolute atomic E-state index is 10.8. The summed E-state index contributed by atoms with van der Waals surface area (Å²) in [7, 11) is 0. The predicted octanol–water partition coefficient (Wildman–Crippen LogP) is 5.57. The van der Waals surface area contributed by atoms with Crippen LogP contribution in [0.2, 0.25) is 0 Å². The van der Waals surface area contributed by atoms with Gasteiger partial charge < -0.3 is 4.74 Å². The van der Waals surface area contributed by atoms with Crippen molar-refractivity contribution in [1.29, 1.82) is 5.26 Å². The molecule has 0 aromatic rings. The van der Waals surface area contributed by atoms with Gasteiger partial charge >= 0.3 is 0 Å². The maximum Gasteiger partial charge on any atom is 0.286 e. The molecule has 0 aromatic carbocycles. The summed E-state index contributed by atoms with van der Waals surface area (Å²) in [5.74, 6) is 1.99. The van der Waals surface area contributed by atoms with E-state index in [1.807, 2.05) is 18.4 Å². The molecule has 0 radical (unpaired) electrons. The molecule has 0 spiro atoms. The van der Waals surface area contributed by atoms with Gasteiger partial charge in [-0.05, 0) is 74.5 Å². The standard InChI is InChI=1S/C23H34N2O2/c1-5-7-17-13-19(9-11-21(17)25-16-26)23(3,4)20-10-12-22(27-15-24)18(14-20)8-6-2/h5-6,17-22H,1-2,7-14H2,3-4H3. The minimum Gasteiger partial charge on any atom is -0.424 e. The van der Waals surface area contributed by atoms with Gasteiger partial charge in [-0.3, -0.25) is 0 Å². The van der Waals surface area contributed by atoms with E-state index in [0.717, 1.165) is 51.4 Å². The number of carbonyl (C=O) groups excluding carboxylic acids is 1. The smallest absolute Gasteiger partial charge is 0.286 e. The Bertz CT molecular complexity index is 600. The highest BCUT2D eigenvalue weighted by atomic mass is 16.5. The minimum atomic E-state index is 0.0335. The van der Waals surface area contributed by atoms with Gasteiger partial charge in [0.25, 0.3) is 6.26 Å². The van der Waals surface area contributed by atoms with Crippen LogP contribution in [0.25, 0.3) is 0 Å². The number of rotatable bonds is 8. The number of hydrogen-bond donors (Lipinski definition) is 0. The molecule has 2 aliphatic rings. The normalized spacial score (nSPS) is 34.0. The molecule has 4 nitrogen and oxygen atoms in total. The molecule has 4 heteroatoms. The van der Waals surface area contributed by atoms with Gasteiger partial charge in [0.05, 0.1) is 6.04 Å². The van der Waals surface area contributed by atoms with Crippen LogP contribution >= 0.6 is 0 Å². The van der Waals surface area contributed by atoms with Crippen molar-refractivity contribution in [2.45, 2.75) is 77.4 Å². The van der Waals surface area contributed by atoms with Gasteiger partial charge in [0.1, 0.15) is 6.10 Å². The van der Waals surface area contributed by atoms with E-state index in [-0.39, 0.29) is 17.6 Å². The Morgan fingerprint density at radius 1 is 1.07 bits per heavy atom. The topological polar surface area (TPSA) is 62.4 Å². The molecular formula is C23H34N2O2. The predicted molar refractivity (Wildman–Crippen MR) is 107 cm³/mol. The maximum atomic E-state index is 10.8. The third-order valence-electron chi connectivity index (χ3n) is 7.32. The Balaban J connectivity index is 2.10. The van der Waals surface area contributed by atoms with Crippen molar-refractivity contribution < 1.29 is 9.53 Å². The van der Waals surface area contributed by atoms with Gasteiger partial charge in [0, 0.05) is 5.92 Å². The number of isocyanates is 1. The van der Waals surface area contributed by atoms with Crippen molar-refractivity contribution in [1.82, 2.24) is 0 Å². The molecule has 2 saturated carbocycles. The number of hydrogen-bond acceptors (Lipinski definition) is 4. The molecule has 0 heterocycles. The van der Waals surface area contributed by atoms with Crippen LogP contribution in [-0.2, 0) is 9.53 Å². The lowest BCUT2D eigenvalue weighted by Gasteiger charge is -2.49. The second-order valence-electron chi connectivity index (χ2n) is 8.95. The van der Waals surface area contributed by atoms with Crippen molar-refractivity contribution in [3.8, 4) is 6.26 Å². The Hall–Kier alpha value is -1.85. The van der Waals surface area contributed by atoms with E-state index >= 15 is 0 Å². The number of allylic oxidation sites excluding steroid dienone is 2. The number of aliphatic imine (C=N–C) groups is 1. The van der Waals surface area contributed by atoms with Crippen LogP contribution in [0.4, 0.5) is 0 Å². The van der Waals surface area contributed by atoms with Crippen LogP contribution in [0.5, 0.6) is 0 Å². The highest BCUT2D eigenvalue weighted by molar-refractivity contribution is 5.33. The Kier molecular flexibility index (Phi) is 7.87. The summed E-state index contributed by atoms with van der Waals surface area (Å²) in [6.07, 6.45) is 15.7. The lowest BCUT2D eigenvalue weighted by molar-refractivity contribution is -0.0201. The third-order valence-corrected chi connectivity index (χ3v) is 7.32.